The van der Waals surface area contributed by atoms with Crippen LogP contribution in [0.25, 0.3) is 0 Å². The number of rotatable bonds is 2. The molecule has 1 aromatic carbocycles. The highest BCUT2D eigenvalue weighted by Gasteiger charge is 2.41. The number of β-amino-alcohol motifs (C(OH)–C–C–N with tert-alkyl or cyclic N) is 1. The molecule has 0 radical (unpaired) electrons. The SMILES string of the molecule is CC1(O)CCN(C2CC(c3ccccc3)CCC2C#N)C1. The molecule has 2 fully saturated rings. The van der Waals surface area contributed by atoms with Crippen LogP contribution in [0.1, 0.15) is 44.1 Å². The fourth-order valence-electron chi connectivity index (χ4n) is 3.99. The van der Waals surface area contributed by atoms with E-state index in [0.717, 1.165) is 32.2 Å². The van der Waals surface area contributed by atoms with E-state index in [0.29, 0.717) is 18.5 Å². The van der Waals surface area contributed by atoms with Gasteiger partial charge in [-0.3, -0.25) is 4.90 Å². The van der Waals surface area contributed by atoms with Crippen LogP contribution in [0.3, 0.4) is 0 Å². The molecule has 4 atom stereocenters. The van der Waals surface area contributed by atoms with Gasteiger partial charge < -0.3 is 5.11 Å². The molecule has 1 aliphatic carbocycles. The molecular weight excluding hydrogens is 260 g/mol. The minimum atomic E-state index is -0.584. The maximum atomic E-state index is 10.2. The maximum Gasteiger partial charge on any atom is 0.0758 e. The summed E-state index contributed by atoms with van der Waals surface area (Å²) in [6, 6.07) is 13.5. The average Bonchev–Trinajstić information content (AvgIpc) is 2.87. The van der Waals surface area contributed by atoms with Crippen LogP contribution < -0.4 is 0 Å². The third-order valence-electron chi connectivity index (χ3n) is 5.20. The van der Waals surface area contributed by atoms with E-state index in [2.05, 4.69) is 41.3 Å². The molecule has 4 unspecified atom stereocenters. The average molecular weight is 284 g/mol. The molecule has 2 aliphatic rings. The number of likely N-dealkylation sites (tertiary alicyclic amines) is 1. The van der Waals surface area contributed by atoms with Crippen molar-refractivity contribution in [3.8, 4) is 6.07 Å². The van der Waals surface area contributed by atoms with Gasteiger partial charge in [-0.25, -0.2) is 0 Å². The summed E-state index contributed by atoms with van der Waals surface area (Å²) in [5, 5.41) is 19.7. The summed E-state index contributed by atoms with van der Waals surface area (Å²) in [6.45, 7) is 3.53. The Bertz CT molecular complexity index is 520. The minimum absolute atomic E-state index is 0.110. The third kappa shape index (κ3) is 3.12. The van der Waals surface area contributed by atoms with Gasteiger partial charge in [0.15, 0.2) is 0 Å². The van der Waals surface area contributed by atoms with Crippen molar-refractivity contribution in [2.45, 2.75) is 50.2 Å². The standard InChI is InChI=1S/C18H24N2O/c1-18(21)9-10-20(13-18)17-11-15(7-8-16(17)12-19)14-5-3-2-4-6-14/h2-6,15-17,21H,7-11,13H2,1H3. The molecule has 0 aromatic heterocycles. The third-order valence-corrected chi connectivity index (χ3v) is 5.20. The van der Waals surface area contributed by atoms with E-state index in [-0.39, 0.29) is 5.92 Å². The summed E-state index contributed by atoms with van der Waals surface area (Å²) in [5.74, 6) is 0.658. The highest BCUT2D eigenvalue weighted by atomic mass is 16.3. The lowest BCUT2D eigenvalue weighted by Gasteiger charge is -2.39. The molecule has 3 rings (SSSR count). The molecule has 1 aliphatic heterocycles. The van der Waals surface area contributed by atoms with Gasteiger partial charge >= 0.3 is 0 Å². The van der Waals surface area contributed by atoms with Crippen LogP contribution in [0.4, 0.5) is 0 Å². The first-order valence-corrected chi connectivity index (χ1v) is 8.00. The molecule has 1 saturated carbocycles. The summed E-state index contributed by atoms with van der Waals surface area (Å²) >= 11 is 0. The quantitative estimate of drug-likeness (QED) is 0.908. The Balaban J connectivity index is 1.75. The van der Waals surface area contributed by atoms with Gasteiger partial charge in [0.2, 0.25) is 0 Å². The van der Waals surface area contributed by atoms with Crippen molar-refractivity contribution >= 4 is 0 Å². The molecule has 3 heteroatoms. The molecule has 0 amide bonds. The Hall–Kier alpha value is -1.37. The number of nitriles is 1. The van der Waals surface area contributed by atoms with Crippen molar-refractivity contribution in [3.63, 3.8) is 0 Å². The first-order valence-electron chi connectivity index (χ1n) is 8.00. The largest absolute Gasteiger partial charge is 0.389 e. The molecule has 3 nitrogen and oxygen atoms in total. The molecular formula is C18H24N2O. The van der Waals surface area contributed by atoms with E-state index in [1.165, 1.54) is 5.56 Å². The molecule has 112 valence electrons. The Morgan fingerprint density at radius 3 is 2.67 bits per heavy atom. The maximum absolute atomic E-state index is 10.2. The zero-order valence-corrected chi connectivity index (χ0v) is 12.7. The van der Waals surface area contributed by atoms with Crippen molar-refractivity contribution in [2.75, 3.05) is 13.1 Å². The van der Waals surface area contributed by atoms with Crippen LogP contribution >= 0.6 is 0 Å². The van der Waals surface area contributed by atoms with E-state index in [1.54, 1.807) is 0 Å². The molecule has 1 N–H and O–H groups in total. The van der Waals surface area contributed by atoms with Gasteiger partial charge in [-0.05, 0) is 44.1 Å². The first kappa shape index (κ1) is 14.6. The fourth-order valence-corrected chi connectivity index (χ4v) is 3.99. The van der Waals surface area contributed by atoms with Crippen LogP contribution in [0.5, 0.6) is 0 Å². The predicted molar refractivity (Wildman–Crippen MR) is 82.7 cm³/mol. The van der Waals surface area contributed by atoms with Crippen molar-refractivity contribution in [1.29, 1.82) is 5.26 Å². The van der Waals surface area contributed by atoms with Gasteiger partial charge in [0.1, 0.15) is 0 Å². The van der Waals surface area contributed by atoms with Crippen LogP contribution in [-0.2, 0) is 0 Å². The highest BCUT2D eigenvalue weighted by molar-refractivity contribution is 5.21. The molecule has 1 aromatic rings. The minimum Gasteiger partial charge on any atom is -0.389 e. The van der Waals surface area contributed by atoms with Gasteiger partial charge in [0.05, 0.1) is 17.6 Å². The Morgan fingerprint density at radius 1 is 1.29 bits per heavy atom. The van der Waals surface area contributed by atoms with Crippen molar-refractivity contribution < 1.29 is 5.11 Å². The first-order chi connectivity index (χ1) is 10.1. The highest BCUT2D eigenvalue weighted by Crippen LogP contribution is 2.39. The molecule has 21 heavy (non-hydrogen) atoms. The second-order valence-corrected chi connectivity index (χ2v) is 6.94. The number of aliphatic hydroxyl groups is 1. The van der Waals surface area contributed by atoms with Gasteiger partial charge in [-0.15, -0.1) is 0 Å². The van der Waals surface area contributed by atoms with E-state index in [4.69, 9.17) is 0 Å². The van der Waals surface area contributed by atoms with Crippen LogP contribution in [-0.4, -0.2) is 34.7 Å². The van der Waals surface area contributed by atoms with Crippen molar-refractivity contribution in [1.82, 2.24) is 4.90 Å². The summed E-state index contributed by atoms with van der Waals surface area (Å²) in [5.41, 5.74) is 0.810. The van der Waals surface area contributed by atoms with Gasteiger partial charge in [0, 0.05) is 19.1 Å². The van der Waals surface area contributed by atoms with E-state index >= 15 is 0 Å². The monoisotopic (exact) mass is 284 g/mol. The van der Waals surface area contributed by atoms with E-state index in [1.807, 2.05) is 6.92 Å². The second kappa shape index (κ2) is 5.79. The number of benzene rings is 1. The number of hydrogen-bond donors (Lipinski definition) is 1. The molecule has 1 heterocycles. The van der Waals surface area contributed by atoms with Crippen LogP contribution in [0.2, 0.25) is 0 Å². The zero-order valence-electron chi connectivity index (χ0n) is 12.7. The van der Waals surface area contributed by atoms with Crippen molar-refractivity contribution in [3.05, 3.63) is 35.9 Å². The second-order valence-electron chi connectivity index (χ2n) is 6.94. The van der Waals surface area contributed by atoms with E-state index < -0.39 is 5.60 Å². The Morgan fingerprint density at radius 2 is 2.05 bits per heavy atom. The van der Waals surface area contributed by atoms with Gasteiger partial charge in [0.25, 0.3) is 0 Å². The zero-order chi connectivity index (χ0) is 14.9. The predicted octanol–water partition coefficient (Wildman–Crippen LogP) is 2.92. The van der Waals surface area contributed by atoms with Gasteiger partial charge in [-0.2, -0.15) is 5.26 Å². The topological polar surface area (TPSA) is 47.3 Å². The summed E-state index contributed by atoms with van der Waals surface area (Å²) in [7, 11) is 0. The number of hydrogen-bond acceptors (Lipinski definition) is 3. The van der Waals surface area contributed by atoms with E-state index in [9.17, 15) is 10.4 Å². The summed E-state index contributed by atoms with van der Waals surface area (Å²) < 4.78 is 0. The Labute approximate surface area is 127 Å². The smallest absolute Gasteiger partial charge is 0.0758 e. The summed E-state index contributed by atoms with van der Waals surface area (Å²) in [4.78, 5) is 2.35. The van der Waals surface area contributed by atoms with Crippen molar-refractivity contribution in [2.24, 2.45) is 5.92 Å². The van der Waals surface area contributed by atoms with Crippen LogP contribution in [0.15, 0.2) is 30.3 Å². The lowest BCUT2D eigenvalue weighted by Crippen LogP contribution is -2.44. The summed E-state index contributed by atoms with van der Waals surface area (Å²) in [6.07, 6.45) is 3.93. The lowest BCUT2D eigenvalue weighted by atomic mass is 9.75. The Kier molecular flexibility index (Phi) is 4.01. The molecule has 0 spiro atoms. The number of nitrogens with zero attached hydrogens (tertiary/aromatic N) is 2. The molecule has 0 bridgehead atoms. The van der Waals surface area contributed by atoms with Crippen LogP contribution in [0, 0.1) is 17.2 Å². The fraction of sp³-hybridized carbons (Fsp3) is 0.611. The normalized spacial score (nSPS) is 37.3. The lowest BCUT2D eigenvalue weighted by molar-refractivity contribution is 0.0517. The van der Waals surface area contributed by atoms with Gasteiger partial charge in [-0.1, -0.05) is 30.3 Å². The molecule has 1 saturated heterocycles.